The molecule has 7 nitrogen and oxygen atoms in total. The number of nitrogens with zero attached hydrogens (tertiary/aromatic N) is 5. The highest BCUT2D eigenvalue weighted by Gasteiger charge is 2.24. The number of halogens is 1. The van der Waals surface area contributed by atoms with Crippen LogP contribution in [0.15, 0.2) is 30.9 Å². The zero-order valence-corrected chi connectivity index (χ0v) is 14.4. The summed E-state index contributed by atoms with van der Waals surface area (Å²) >= 11 is 6.32. The second-order valence-corrected chi connectivity index (χ2v) is 5.62. The zero-order valence-electron chi connectivity index (χ0n) is 13.6. The zero-order chi connectivity index (χ0) is 18.0. The Kier molecular flexibility index (Phi) is 4.55. The molecule has 0 unspecified atom stereocenters. The fourth-order valence-electron chi connectivity index (χ4n) is 2.48. The Morgan fingerprint density at radius 3 is 2.88 bits per heavy atom. The minimum atomic E-state index is -0.284. The first-order chi connectivity index (χ1) is 12.0. The molecule has 0 fully saturated rings. The Hall–Kier alpha value is -3.11. The van der Waals surface area contributed by atoms with Gasteiger partial charge in [-0.3, -0.25) is 4.79 Å². The van der Waals surface area contributed by atoms with Crippen LogP contribution in [-0.4, -0.2) is 36.9 Å². The average molecular weight is 356 g/mol. The van der Waals surface area contributed by atoms with Crippen molar-refractivity contribution >= 4 is 17.4 Å². The molecule has 0 radical (unpaired) electrons. The van der Waals surface area contributed by atoms with Gasteiger partial charge in [-0.25, -0.2) is 14.3 Å². The second-order valence-electron chi connectivity index (χ2n) is 5.22. The molecule has 0 N–H and O–H groups in total. The molecule has 0 amide bonds. The van der Waals surface area contributed by atoms with Crippen LogP contribution in [-0.2, 0) is 7.05 Å². The van der Waals surface area contributed by atoms with E-state index in [1.807, 2.05) is 0 Å². The maximum absolute atomic E-state index is 13.0. The Labute approximate surface area is 149 Å². The molecule has 1 aromatic carbocycles. The van der Waals surface area contributed by atoms with Crippen LogP contribution in [0.4, 0.5) is 0 Å². The van der Waals surface area contributed by atoms with Crippen molar-refractivity contribution in [1.82, 2.24) is 24.5 Å². The molecule has 0 saturated carbocycles. The number of carbonyl (C=O) groups excluding carboxylic acids is 1. The van der Waals surface area contributed by atoms with Gasteiger partial charge in [-0.2, -0.15) is 10.2 Å². The van der Waals surface area contributed by atoms with Crippen molar-refractivity contribution in [3.05, 3.63) is 52.7 Å². The quantitative estimate of drug-likeness (QED) is 0.518. The number of ether oxygens (including phenoxy) is 1. The first-order valence-electron chi connectivity index (χ1n) is 7.32. The summed E-state index contributed by atoms with van der Waals surface area (Å²) in [6.45, 7) is 1.77. The second kappa shape index (κ2) is 6.79. The van der Waals surface area contributed by atoms with Crippen LogP contribution in [0.2, 0.25) is 5.02 Å². The standard InChI is InChI=1S/C17H14ClN5O2/c1-4-7-25-17-15(11(2)21-22(17)3)16(24)13-6-5-12(8-14(13)18)23-10-19-9-20-23/h1,5-6,8-10H,7H2,2-3H3. The lowest BCUT2D eigenvalue weighted by molar-refractivity contribution is 0.103. The lowest BCUT2D eigenvalue weighted by atomic mass is 10.0. The van der Waals surface area contributed by atoms with Gasteiger partial charge < -0.3 is 4.74 Å². The lowest BCUT2D eigenvalue weighted by Crippen LogP contribution is -2.08. The van der Waals surface area contributed by atoms with Crippen molar-refractivity contribution in [3.8, 4) is 23.9 Å². The molecule has 126 valence electrons. The van der Waals surface area contributed by atoms with E-state index in [0.29, 0.717) is 33.4 Å². The van der Waals surface area contributed by atoms with Crippen molar-refractivity contribution in [2.45, 2.75) is 6.92 Å². The molecule has 0 bridgehead atoms. The Bertz CT molecular complexity index is 970. The molecular weight excluding hydrogens is 342 g/mol. The molecule has 2 heterocycles. The summed E-state index contributed by atoms with van der Waals surface area (Å²) in [6.07, 6.45) is 8.20. The molecule has 0 aliphatic carbocycles. The van der Waals surface area contributed by atoms with E-state index >= 15 is 0 Å². The fourth-order valence-corrected chi connectivity index (χ4v) is 2.74. The maximum atomic E-state index is 13.0. The van der Waals surface area contributed by atoms with Gasteiger partial charge >= 0.3 is 0 Å². The first kappa shape index (κ1) is 16.7. The number of aryl methyl sites for hydroxylation is 2. The highest BCUT2D eigenvalue weighted by molar-refractivity contribution is 6.35. The SMILES string of the molecule is C#CCOc1c(C(=O)c2ccc(-n3cncn3)cc2Cl)c(C)nn1C. The van der Waals surface area contributed by atoms with E-state index in [2.05, 4.69) is 21.1 Å². The largest absolute Gasteiger partial charge is 0.464 e. The van der Waals surface area contributed by atoms with Crippen LogP contribution in [0.5, 0.6) is 5.88 Å². The Morgan fingerprint density at radius 2 is 2.24 bits per heavy atom. The Balaban J connectivity index is 2.01. The van der Waals surface area contributed by atoms with Gasteiger partial charge in [0, 0.05) is 12.6 Å². The molecule has 3 rings (SSSR count). The van der Waals surface area contributed by atoms with Crippen LogP contribution in [0.25, 0.3) is 5.69 Å². The van der Waals surface area contributed by atoms with E-state index in [1.54, 1.807) is 43.2 Å². The van der Waals surface area contributed by atoms with Gasteiger partial charge in [0.1, 0.15) is 18.2 Å². The van der Waals surface area contributed by atoms with Crippen LogP contribution in [0.1, 0.15) is 21.6 Å². The van der Waals surface area contributed by atoms with E-state index < -0.39 is 0 Å². The predicted octanol–water partition coefficient (Wildman–Crippen LogP) is 2.21. The average Bonchev–Trinajstić information content (AvgIpc) is 3.20. The molecule has 8 heteroatoms. The van der Waals surface area contributed by atoms with E-state index in [0.717, 1.165) is 0 Å². The van der Waals surface area contributed by atoms with Crippen molar-refractivity contribution in [3.63, 3.8) is 0 Å². The first-order valence-corrected chi connectivity index (χ1v) is 7.69. The van der Waals surface area contributed by atoms with Gasteiger partial charge in [-0.1, -0.05) is 17.5 Å². The van der Waals surface area contributed by atoms with Crippen molar-refractivity contribution < 1.29 is 9.53 Å². The van der Waals surface area contributed by atoms with Crippen molar-refractivity contribution in [2.75, 3.05) is 6.61 Å². The topological polar surface area (TPSA) is 74.8 Å². The number of aromatic nitrogens is 5. The van der Waals surface area contributed by atoms with E-state index in [9.17, 15) is 4.79 Å². The molecule has 3 aromatic rings. The maximum Gasteiger partial charge on any atom is 0.224 e. The third kappa shape index (κ3) is 3.12. The van der Waals surface area contributed by atoms with Gasteiger partial charge in [0.25, 0.3) is 0 Å². The number of rotatable bonds is 5. The molecule has 0 saturated heterocycles. The lowest BCUT2D eigenvalue weighted by Gasteiger charge is -2.09. The predicted molar refractivity (Wildman–Crippen MR) is 92.1 cm³/mol. The van der Waals surface area contributed by atoms with Gasteiger partial charge in [0.2, 0.25) is 11.7 Å². The number of hydrogen-bond acceptors (Lipinski definition) is 5. The Morgan fingerprint density at radius 1 is 1.44 bits per heavy atom. The van der Waals surface area contributed by atoms with Gasteiger partial charge in [0.05, 0.1) is 16.4 Å². The van der Waals surface area contributed by atoms with Crippen LogP contribution < -0.4 is 4.74 Å². The van der Waals surface area contributed by atoms with Gasteiger partial charge in [0.15, 0.2) is 6.61 Å². The molecule has 25 heavy (non-hydrogen) atoms. The molecular formula is C17H14ClN5O2. The molecule has 2 aromatic heterocycles. The summed E-state index contributed by atoms with van der Waals surface area (Å²) in [5, 5.41) is 8.57. The number of hydrogen-bond donors (Lipinski definition) is 0. The summed E-state index contributed by atoms with van der Waals surface area (Å²) in [5.74, 6) is 2.41. The van der Waals surface area contributed by atoms with Gasteiger partial charge in [-0.05, 0) is 25.1 Å². The molecule has 0 aliphatic rings. The molecule has 0 spiro atoms. The number of benzene rings is 1. The molecule has 0 atom stereocenters. The molecule has 0 aliphatic heterocycles. The smallest absolute Gasteiger partial charge is 0.224 e. The number of terminal acetylenes is 1. The normalized spacial score (nSPS) is 10.5. The summed E-state index contributed by atoms with van der Waals surface area (Å²) in [7, 11) is 1.69. The highest BCUT2D eigenvalue weighted by Crippen LogP contribution is 2.28. The van der Waals surface area contributed by atoms with Crippen LogP contribution in [0.3, 0.4) is 0 Å². The van der Waals surface area contributed by atoms with E-state index in [4.69, 9.17) is 22.8 Å². The van der Waals surface area contributed by atoms with Crippen molar-refractivity contribution in [1.29, 1.82) is 0 Å². The van der Waals surface area contributed by atoms with Crippen LogP contribution >= 0.6 is 11.6 Å². The van der Waals surface area contributed by atoms with Gasteiger partial charge in [-0.15, -0.1) is 6.42 Å². The summed E-state index contributed by atoms with van der Waals surface area (Å²) in [6, 6.07) is 5.03. The van der Waals surface area contributed by atoms with Crippen LogP contribution in [0, 0.1) is 19.3 Å². The van der Waals surface area contributed by atoms with Crippen molar-refractivity contribution in [2.24, 2.45) is 7.05 Å². The minimum absolute atomic E-state index is 0.0399. The fraction of sp³-hybridized carbons (Fsp3) is 0.176. The van der Waals surface area contributed by atoms with E-state index in [1.165, 1.54) is 11.0 Å². The third-order valence-electron chi connectivity index (χ3n) is 3.57. The minimum Gasteiger partial charge on any atom is -0.464 e. The number of carbonyl (C=O) groups is 1. The monoisotopic (exact) mass is 355 g/mol. The highest BCUT2D eigenvalue weighted by atomic mass is 35.5. The summed E-state index contributed by atoms with van der Waals surface area (Å²) < 4.78 is 8.52. The van der Waals surface area contributed by atoms with E-state index in [-0.39, 0.29) is 12.4 Å². The number of ketones is 1. The third-order valence-corrected chi connectivity index (χ3v) is 3.88. The summed E-state index contributed by atoms with van der Waals surface area (Å²) in [4.78, 5) is 16.9. The summed E-state index contributed by atoms with van der Waals surface area (Å²) in [5.41, 5.74) is 1.92.